The van der Waals surface area contributed by atoms with E-state index in [9.17, 15) is 9.59 Å². The minimum atomic E-state index is -0.0912. The van der Waals surface area contributed by atoms with E-state index in [0.29, 0.717) is 18.5 Å². The Labute approximate surface area is 125 Å². The number of hydrogen-bond donors (Lipinski definition) is 2. The lowest BCUT2D eigenvalue weighted by Crippen LogP contribution is -2.35. The zero-order valence-electron chi connectivity index (χ0n) is 12.7. The molecule has 1 heterocycles. The number of carbonyl (C=O) groups is 2. The third-order valence-corrected chi connectivity index (χ3v) is 3.70. The molecule has 0 aliphatic carbocycles. The van der Waals surface area contributed by atoms with Crippen molar-refractivity contribution in [1.29, 1.82) is 0 Å². The Hall–Kier alpha value is -1.88. The monoisotopic (exact) mass is 289 g/mol. The summed E-state index contributed by atoms with van der Waals surface area (Å²) in [7, 11) is 0. The van der Waals surface area contributed by atoms with E-state index < -0.39 is 0 Å². The van der Waals surface area contributed by atoms with E-state index in [1.54, 1.807) is 12.1 Å². The highest BCUT2D eigenvalue weighted by molar-refractivity contribution is 6.02. The van der Waals surface area contributed by atoms with E-state index in [0.717, 1.165) is 37.3 Å². The SMILES string of the molecule is CCCN(CC)CCNC(=O)c1ccc2c(c1)NC(=O)C2. The standard InChI is InChI=1S/C16H23N3O2/c1-3-8-19(4-2)9-7-17-16(21)13-6-5-12-11-15(20)18-14(12)10-13/h5-6,10H,3-4,7-9,11H2,1-2H3,(H,17,21)(H,18,20). The van der Waals surface area contributed by atoms with Crippen molar-refractivity contribution in [1.82, 2.24) is 10.2 Å². The van der Waals surface area contributed by atoms with Crippen LogP contribution in [-0.4, -0.2) is 42.9 Å². The normalized spacial score (nSPS) is 13.2. The first-order valence-corrected chi connectivity index (χ1v) is 7.57. The van der Waals surface area contributed by atoms with Crippen LogP contribution in [0.5, 0.6) is 0 Å². The summed E-state index contributed by atoms with van der Waals surface area (Å²) in [6, 6.07) is 5.37. The second kappa shape index (κ2) is 7.22. The van der Waals surface area contributed by atoms with Crippen LogP contribution in [0.15, 0.2) is 18.2 Å². The molecule has 0 spiro atoms. The summed E-state index contributed by atoms with van der Waals surface area (Å²) < 4.78 is 0. The number of hydrogen-bond acceptors (Lipinski definition) is 3. The lowest BCUT2D eigenvalue weighted by atomic mass is 10.1. The number of likely N-dealkylation sites (N-methyl/N-ethyl adjacent to an activating group) is 1. The molecule has 21 heavy (non-hydrogen) atoms. The molecule has 0 unspecified atom stereocenters. The van der Waals surface area contributed by atoms with E-state index in [4.69, 9.17) is 0 Å². The van der Waals surface area contributed by atoms with Gasteiger partial charge >= 0.3 is 0 Å². The molecule has 0 saturated carbocycles. The summed E-state index contributed by atoms with van der Waals surface area (Å²) in [5.41, 5.74) is 2.31. The van der Waals surface area contributed by atoms with Gasteiger partial charge in [0.2, 0.25) is 5.91 Å². The largest absolute Gasteiger partial charge is 0.351 e. The maximum Gasteiger partial charge on any atom is 0.251 e. The molecule has 0 radical (unpaired) electrons. The fourth-order valence-electron chi connectivity index (χ4n) is 2.53. The molecule has 2 amide bonds. The van der Waals surface area contributed by atoms with Crippen LogP contribution in [0.3, 0.4) is 0 Å². The van der Waals surface area contributed by atoms with Gasteiger partial charge in [-0.2, -0.15) is 0 Å². The molecular formula is C16H23N3O2. The molecule has 1 aliphatic heterocycles. The molecule has 114 valence electrons. The first-order chi connectivity index (χ1) is 10.1. The number of benzene rings is 1. The number of carbonyl (C=O) groups excluding carboxylic acids is 2. The minimum Gasteiger partial charge on any atom is -0.351 e. The lowest BCUT2D eigenvalue weighted by molar-refractivity contribution is -0.115. The average Bonchev–Trinajstić information content (AvgIpc) is 2.85. The first-order valence-electron chi connectivity index (χ1n) is 7.57. The molecule has 5 nitrogen and oxygen atoms in total. The zero-order valence-corrected chi connectivity index (χ0v) is 12.7. The van der Waals surface area contributed by atoms with E-state index in [2.05, 4.69) is 29.4 Å². The molecule has 1 aromatic carbocycles. The molecule has 0 saturated heterocycles. The second-order valence-corrected chi connectivity index (χ2v) is 5.29. The molecule has 2 N–H and O–H groups in total. The summed E-state index contributed by atoms with van der Waals surface area (Å²) in [6.07, 6.45) is 1.52. The quantitative estimate of drug-likeness (QED) is 0.802. The summed E-state index contributed by atoms with van der Waals surface area (Å²) in [6.45, 7) is 7.82. The van der Waals surface area contributed by atoms with Crippen LogP contribution in [0.2, 0.25) is 0 Å². The zero-order chi connectivity index (χ0) is 15.2. The highest BCUT2D eigenvalue weighted by Gasteiger charge is 2.18. The third kappa shape index (κ3) is 4.04. The van der Waals surface area contributed by atoms with Crippen molar-refractivity contribution in [2.45, 2.75) is 26.7 Å². The summed E-state index contributed by atoms with van der Waals surface area (Å²) >= 11 is 0. The van der Waals surface area contributed by atoms with Gasteiger partial charge in [0.1, 0.15) is 0 Å². The van der Waals surface area contributed by atoms with Crippen LogP contribution >= 0.6 is 0 Å². The fraction of sp³-hybridized carbons (Fsp3) is 0.500. The highest BCUT2D eigenvalue weighted by atomic mass is 16.2. The van der Waals surface area contributed by atoms with Gasteiger partial charge in [-0.1, -0.05) is 19.9 Å². The molecule has 0 atom stereocenters. The lowest BCUT2D eigenvalue weighted by Gasteiger charge is -2.19. The Kier molecular flexibility index (Phi) is 5.33. The Morgan fingerprint density at radius 2 is 2.14 bits per heavy atom. The molecule has 2 rings (SSSR count). The van der Waals surface area contributed by atoms with Gasteiger partial charge in [-0.15, -0.1) is 0 Å². The van der Waals surface area contributed by atoms with E-state index >= 15 is 0 Å². The number of amides is 2. The fourth-order valence-corrected chi connectivity index (χ4v) is 2.53. The summed E-state index contributed by atoms with van der Waals surface area (Å²) in [5.74, 6) is -0.104. The summed E-state index contributed by atoms with van der Waals surface area (Å²) in [4.78, 5) is 25.7. The van der Waals surface area contributed by atoms with Gasteiger partial charge in [0.05, 0.1) is 6.42 Å². The van der Waals surface area contributed by atoms with Gasteiger partial charge in [-0.3, -0.25) is 9.59 Å². The van der Waals surface area contributed by atoms with Gasteiger partial charge in [-0.05, 0) is 37.2 Å². The molecule has 0 aromatic heterocycles. The average molecular weight is 289 g/mol. The van der Waals surface area contributed by atoms with Crippen LogP contribution in [-0.2, 0) is 11.2 Å². The van der Waals surface area contributed by atoms with E-state index in [1.165, 1.54) is 0 Å². The second-order valence-electron chi connectivity index (χ2n) is 5.29. The van der Waals surface area contributed by atoms with Gasteiger partial charge in [-0.25, -0.2) is 0 Å². The molecule has 5 heteroatoms. The Morgan fingerprint density at radius 1 is 1.33 bits per heavy atom. The number of anilines is 1. The highest BCUT2D eigenvalue weighted by Crippen LogP contribution is 2.23. The van der Waals surface area contributed by atoms with Gasteiger partial charge in [0.15, 0.2) is 0 Å². The Morgan fingerprint density at radius 3 is 2.86 bits per heavy atom. The van der Waals surface area contributed by atoms with Crippen molar-refractivity contribution in [3.63, 3.8) is 0 Å². The predicted molar refractivity (Wildman–Crippen MR) is 83.5 cm³/mol. The maximum atomic E-state index is 12.1. The third-order valence-electron chi connectivity index (χ3n) is 3.70. The van der Waals surface area contributed by atoms with Crippen LogP contribution in [0.1, 0.15) is 36.2 Å². The van der Waals surface area contributed by atoms with Crippen molar-refractivity contribution < 1.29 is 9.59 Å². The molecule has 0 bridgehead atoms. The number of fused-ring (bicyclic) bond motifs is 1. The minimum absolute atomic E-state index is 0.0132. The van der Waals surface area contributed by atoms with Crippen molar-refractivity contribution in [2.24, 2.45) is 0 Å². The van der Waals surface area contributed by atoms with E-state index in [-0.39, 0.29) is 11.8 Å². The van der Waals surface area contributed by atoms with Crippen LogP contribution < -0.4 is 10.6 Å². The molecule has 1 aliphatic rings. The molecule has 1 aromatic rings. The molecule has 0 fully saturated rings. The number of nitrogens with zero attached hydrogens (tertiary/aromatic N) is 1. The van der Waals surface area contributed by atoms with Crippen LogP contribution in [0.4, 0.5) is 5.69 Å². The Balaban J connectivity index is 1.87. The van der Waals surface area contributed by atoms with Gasteiger partial charge in [0, 0.05) is 24.3 Å². The van der Waals surface area contributed by atoms with Crippen molar-refractivity contribution in [3.05, 3.63) is 29.3 Å². The van der Waals surface area contributed by atoms with Crippen molar-refractivity contribution in [2.75, 3.05) is 31.5 Å². The van der Waals surface area contributed by atoms with Gasteiger partial charge < -0.3 is 15.5 Å². The van der Waals surface area contributed by atoms with Crippen LogP contribution in [0, 0.1) is 0 Å². The topological polar surface area (TPSA) is 61.4 Å². The summed E-state index contributed by atoms with van der Waals surface area (Å²) in [5, 5.41) is 5.70. The van der Waals surface area contributed by atoms with E-state index in [1.807, 2.05) is 6.07 Å². The Bertz CT molecular complexity index is 528. The van der Waals surface area contributed by atoms with Crippen LogP contribution in [0.25, 0.3) is 0 Å². The van der Waals surface area contributed by atoms with Gasteiger partial charge in [0.25, 0.3) is 5.91 Å². The molecular weight excluding hydrogens is 266 g/mol. The predicted octanol–water partition coefficient (Wildman–Crippen LogP) is 1.64. The maximum absolute atomic E-state index is 12.1. The number of nitrogens with one attached hydrogen (secondary N) is 2. The van der Waals surface area contributed by atoms with Crippen molar-refractivity contribution in [3.8, 4) is 0 Å². The van der Waals surface area contributed by atoms with Crippen molar-refractivity contribution >= 4 is 17.5 Å². The smallest absolute Gasteiger partial charge is 0.251 e. The number of rotatable bonds is 7. The first kappa shape index (κ1) is 15.5.